The third-order valence-corrected chi connectivity index (χ3v) is 5.43. The van der Waals surface area contributed by atoms with Crippen LogP contribution in [0.15, 0.2) is 54.2 Å². The van der Waals surface area contributed by atoms with E-state index in [1.165, 1.54) is 4.90 Å². The minimum absolute atomic E-state index is 0.201. The molecular formula is C24H29ClN3O3+. The Labute approximate surface area is 188 Å². The highest BCUT2D eigenvalue weighted by molar-refractivity contribution is 6.30. The highest BCUT2D eigenvalue weighted by Gasteiger charge is 2.16. The van der Waals surface area contributed by atoms with Crippen molar-refractivity contribution in [2.45, 2.75) is 13.3 Å². The van der Waals surface area contributed by atoms with Crippen molar-refractivity contribution in [3.63, 3.8) is 0 Å². The lowest BCUT2D eigenvalue weighted by Crippen LogP contribution is -3.14. The van der Waals surface area contributed by atoms with Crippen molar-refractivity contribution in [1.82, 2.24) is 10.6 Å². The Morgan fingerprint density at radius 2 is 1.74 bits per heavy atom. The van der Waals surface area contributed by atoms with Crippen molar-refractivity contribution in [1.29, 1.82) is 0 Å². The van der Waals surface area contributed by atoms with Crippen LogP contribution in [-0.2, 0) is 9.53 Å². The minimum atomic E-state index is -0.326. The SMILES string of the molecule is Cc1ccc(C(=O)N/C(=C/c2ccc(Cl)cc2)C(=O)NCCC[NH+]2CCOCC2)cc1. The van der Waals surface area contributed by atoms with Gasteiger partial charge in [-0.15, -0.1) is 0 Å². The van der Waals surface area contributed by atoms with Crippen molar-refractivity contribution in [3.05, 3.63) is 75.9 Å². The number of amides is 2. The monoisotopic (exact) mass is 442 g/mol. The summed E-state index contributed by atoms with van der Waals surface area (Å²) >= 11 is 5.96. The number of hydrogen-bond donors (Lipinski definition) is 3. The maximum Gasteiger partial charge on any atom is 0.267 e. The summed E-state index contributed by atoms with van der Waals surface area (Å²) in [5.41, 5.74) is 2.54. The van der Waals surface area contributed by atoms with E-state index in [1.54, 1.807) is 42.5 Å². The second kappa shape index (κ2) is 11.6. The van der Waals surface area contributed by atoms with Crippen LogP contribution in [0.25, 0.3) is 6.08 Å². The molecular weight excluding hydrogens is 414 g/mol. The molecule has 6 nitrogen and oxygen atoms in total. The number of aryl methyl sites for hydroxylation is 1. The lowest BCUT2D eigenvalue weighted by atomic mass is 10.1. The molecule has 0 radical (unpaired) electrons. The first kappa shape index (κ1) is 23.0. The molecule has 0 saturated carbocycles. The molecule has 1 fully saturated rings. The normalized spacial score (nSPS) is 14.8. The van der Waals surface area contributed by atoms with E-state index in [2.05, 4.69) is 10.6 Å². The first-order valence-electron chi connectivity index (χ1n) is 10.6. The largest absolute Gasteiger partial charge is 0.370 e. The molecule has 0 aromatic heterocycles. The van der Waals surface area contributed by atoms with Crippen molar-refractivity contribution in [2.75, 3.05) is 39.4 Å². The molecule has 7 heteroatoms. The summed E-state index contributed by atoms with van der Waals surface area (Å²) in [5, 5.41) is 6.30. The third kappa shape index (κ3) is 7.51. The summed E-state index contributed by atoms with van der Waals surface area (Å²) in [6.45, 7) is 7.07. The number of carbonyl (C=O) groups excluding carboxylic acids is 2. The zero-order valence-electron chi connectivity index (χ0n) is 17.7. The summed E-state index contributed by atoms with van der Waals surface area (Å²) in [6, 6.07) is 14.3. The highest BCUT2D eigenvalue weighted by atomic mass is 35.5. The number of benzene rings is 2. The van der Waals surface area contributed by atoms with E-state index in [-0.39, 0.29) is 17.5 Å². The van der Waals surface area contributed by atoms with E-state index in [4.69, 9.17) is 16.3 Å². The molecule has 2 amide bonds. The number of rotatable bonds is 8. The Morgan fingerprint density at radius 1 is 1.06 bits per heavy atom. The van der Waals surface area contributed by atoms with Crippen LogP contribution in [0.1, 0.15) is 27.9 Å². The van der Waals surface area contributed by atoms with E-state index in [0.29, 0.717) is 17.1 Å². The van der Waals surface area contributed by atoms with Gasteiger partial charge in [-0.2, -0.15) is 0 Å². The number of quaternary nitrogens is 1. The predicted molar refractivity (Wildman–Crippen MR) is 122 cm³/mol. The predicted octanol–water partition coefficient (Wildman–Crippen LogP) is 1.84. The molecule has 1 aliphatic rings. The number of ether oxygens (including phenoxy) is 1. The van der Waals surface area contributed by atoms with Gasteiger partial charge in [-0.3, -0.25) is 9.59 Å². The van der Waals surface area contributed by atoms with Crippen LogP contribution in [0.5, 0.6) is 0 Å². The van der Waals surface area contributed by atoms with Gasteiger partial charge < -0.3 is 20.3 Å². The van der Waals surface area contributed by atoms with E-state index in [0.717, 1.165) is 50.4 Å². The van der Waals surface area contributed by atoms with Gasteiger partial charge in [-0.05, 0) is 42.8 Å². The maximum atomic E-state index is 12.8. The molecule has 164 valence electrons. The van der Waals surface area contributed by atoms with Gasteiger partial charge >= 0.3 is 0 Å². The van der Waals surface area contributed by atoms with E-state index in [1.807, 2.05) is 19.1 Å². The molecule has 1 aliphatic heterocycles. The Balaban J connectivity index is 1.64. The Morgan fingerprint density at radius 3 is 2.42 bits per heavy atom. The van der Waals surface area contributed by atoms with Gasteiger partial charge in [-0.25, -0.2) is 0 Å². The second-order valence-electron chi connectivity index (χ2n) is 7.65. The Bertz CT molecular complexity index is 905. The summed E-state index contributed by atoms with van der Waals surface area (Å²) < 4.78 is 5.37. The first-order chi connectivity index (χ1) is 15.0. The fourth-order valence-corrected chi connectivity index (χ4v) is 3.46. The third-order valence-electron chi connectivity index (χ3n) is 5.18. The number of hydrogen-bond acceptors (Lipinski definition) is 3. The van der Waals surface area contributed by atoms with Crippen molar-refractivity contribution in [2.24, 2.45) is 0 Å². The van der Waals surface area contributed by atoms with Crippen LogP contribution in [0.2, 0.25) is 5.02 Å². The molecule has 2 aromatic carbocycles. The quantitative estimate of drug-likeness (QED) is 0.431. The van der Waals surface area contributed by atoms with Gasteiger partial charge in [0.15, 0.2) is 0 Å². The molecule has 3 rings (SSSR count). The first-order valence-corrected chi connectivity index (χ1v) is 10.9. The second-order valence-corrected chi connectivity index (χ2v) is 8.09. The topological polar surface area (TPSA) is 71.9 Å². The van der Waals surface area contributed by atoms with Crippen molar-refractivity contribution >= 4 is 29.5 Å². The van der Waals surface area contributed by atoms with Crippen LogP contribution in [0.4, 0.5) is 0 Å². The Kier molecular flexibility index (Phi) is 8.64. The summed E-state index contributed by atoms with van der Waals surface area (Å²) in [7, 11) is 0. The number of nitrogens with one attached hydrogen (secondary N) is 3. The van der Waals surface area contributed by atoms with Crippen molar-refractivity contribution in [3.8, 4) is 0 Å². The van der Waals surface area contributed by atoms with Gasteiger partial charge in [0.2, 0.25) is 0 Å². The van der Waals surface area contributed by atoms with Gasteiger partial charge in [0.1, 0.15) is 18.8 Å². The maximum absolute atomic E-state index is 12.8. The summed E-state index contributed by atoms with van der Waals surface area (Å²) in [4.78, 5) is 27.0. The molecule has 1 heterocycles. The lowest BCUT2D eigenvalue weighted by Gasteiger charge is -2.23. The van der Waals surface area contributed by atoms with Crippen LogP contribution < -0.4 is 15.5 Å². The zero-order valence-corrected chi connectivity index (χ0v) is 18.5. The average Bonchev–Trinajstić information content (AvgIpc) is 2.78. The van der Waals surface area contributed by atoms with Gasteiger partial charge in [-0.1, -0.05) is 41.4 Å². The average molecular weight is 443 g/mol. The zero-order chi connectivity index (χ0) is 22.1. The fourth-order valence-electron chi connectivity index (χ4n) is 3.33. The highest BCUT2D eigenvalue weighted by Crippen LogP contribution is 2.13. The molecule has 1 saturated heterocycles. The van der Waals surface area contributed by atoms with E-state index < -0.39 is 0 Å². The molecule has 0 atom stereocenters. The molecule has 31 heavy (non-hydrogen) atoms. The van der Waals surface area contributed by atoms with E-state index in [9.17, 15) is 9.59 Å². The van der Waals surface area contributed by atoms with Gasteiger partial charge in [0.25, 0.3) is 11.8 Å². The van der Waals surface area contributed by atoms with Crippen LogP contribution in [0, 0.1) is 6.92 Å². The van der Waals surface area contributed by atoms with Crippen LogP contribution in [-0.4, -0.2) is 51.2 Å². The standard InChI is InChI=1S/C24H28ClN3O3/c1-18-3-7-20(8-4-18)23(29)27-22(17-19-5-9-21(25)10-6-19)24(30)26-11-2-12-28-13-15-31-16-14-28/h3-10,17H,2,11-16H2,1H3,(H,26,30)(H,27,29)/p+1/b22-17+. The van der Waals surface area contributed by atoms with Gasteiger partial charge in [0, 0.05) is 23.6 Å². The molecule has 3 N–H and O–H groups in total. The summed E-state index contributed by atoms with van der Waals surface area (Å²) in [5.74, 6) is -0.638. The molecule has 2 aromatic rings. The van der Waals surface area contributed by atoms with Crippen LogP contribution >= 0.6 is 11.6 Å². The lowest BCUT2D eigenvalue weighted by molar-refractivity contribution is -0.908. The molecule has 0 bridgehead atoms. The number of halogens is 1. The minimum Gasteiger partial charge on any atom is -0.370 e. The number of carbonyl (C=O) groups is 2. The van der Waals surface area contributed by atoms with Crippen LogP contribution in [0.3, 0.4) is 0 Å². The molecule has 0 aliphatic carbocycles. The summed E-state index contributed by atoms with van der Waals surface area (Å²) in [6.07, 6.45) is 2.52. The van der Waals surface area contributed by atoms with Crippen molar-refractivity contribution < 1.29 is 19.2 Å². The molecule has 0 unspecified atom stereocenters. The smallest absolute Gasteiger partial charge is 0.267 e. The number of morpholine rings is 1. The molecule has 0 spiro atoms. The van der Waals surface area contributed by atoms with E-state index >= 15 is 0 Å². The Hall–Kier alpha value is -2.67. The fraction of sp³-hybridized carbons (Fsp3) is 0.333. The van der Waals surface area contributed by atoms with Gasteiger partial charge in [0.05, 0.1) is 19.8 Å².